The first-order chi connectivity index (χ1) is 7.08. The van der Waals surface area contributed by atoms with E-state index in [-0.39, 0.29) is 12.4 Å². The fraction of sp³-hybridized carbons (Fsp3) is 0.500. The molecular formula is C8H12O5S2. The molecule has 0 fully saturated rings. The van der Waals surface area contributed by atoms with Gasteiger partial charge < -0.3 is 9.47 Å². The Hall–Kier alpha value is -0.630. The first-order valence-electron chi connectivity index (χ1n) is 4.26. The van der Waals surface area contributed by atoms with Crippen molar-refractivity contribution >= 4 is 21.5 Å². The van der Waals surface area contributed by atoms with Crippen LogP contribution in [-0.2, 0) is 14.9 Å². The molecule has 15 heavy (non-hydrogen) atoms. The molecule has 5 nitrogen and oxygen atoms in total. The van der Waals surface area contributed by atoms with Gasteiger partial charge in [0.2, 0.25) is 0 Å². The smallest absolute Gasteiger partial charge is 0.267 e. The molecular weight excluding hydrogens is 240 g/mol. The van der Waals surface area contributed by atoms with Crippen molar-refractivity contribution in [3.63, 3.8) is 0 Å². The molecule has 1 rings (SSSR count). The predicted octanol–water partition coefficient (Wildman–Crippen LogP) is 1.03. The van der Waals surface area contributed by atoms with Crippen molar-refractivity contribution in [3.8, 4) is 5.75 Å². The molecule has 7 heteroatoms. The maximum absolute atomic E-state index is 10.3. The second-order valence-corrected chi connectivity index (χ2v) is 5.06. The van der Waals surface area contributed by atoms with Crippen molar-refractivity contribution in [2.75, 3.05) is 25.6 Å². The zero-order chi connectivity index (χ0) is 11.1. The average Bonchev–Trinajstić information content (AvgIpc) is 2.61. The molecule has 0 aliphatic heterocycles. The van der Waals surface area contributed by atoms with E-state index in [9.17, 15) is 8.42 Å². The molecule has 0 bridgehead atoms. The number of hydrogen-bond acceptors (Lipinski definition) is 5. The third-order valence-corrected chi connectivity index (χ3v) is 2.82. The molecule has 1 aromatic heterocycles. The van der Waals surface area contributed by atoms with Gasteiger partial charge in [0.05, 0.1) is 19.0 Å². The highest BCUT2D eigenvalue weighted by Crippen LogP contribution is 2.14. The van der Waals surface area contributed by atoms with Gasteiger partial charge in [0.15, 0.2) is 0 Å². The lowest BCUT2D eigenvalue weighted by atomic mass is 10.6. The van der Waals surface area contributed by atoms with Crippen LogP contribution in [0.5, 0.6) is 5.75 Å². The van der Waals surface area contributed by atoms with Gasteiger partial charge in [-0.3, -0.25) is 4.55 Å². The summed E-state index contributed by atoms with van der Waals surface area (Å²) in [6.45, 7) is 0.638. The predicted molar refractivity (Wildman–Crippen MR) is 57.0 cm³/mol. The molecule has 0 amide bonds. The van der Waals surface area contributed by atoms with Crippen molar-refractivity contribution in [2.45, 2.75) is 0 Å². The normalized spacial score (nSPS) is 11.5. The van der Waals surface area contributed by atoms with E-state index in [0.29, 0.717) is 13.2 Å². The molecule has 0 saturated heterocycles. The van der Waals surface area contributed by atoms with Crippen LogP contribution >= 0.6 is 11.3 Å². The van der Waals surface area contributed by atoms with Crippen molar-refractivity contribution in [2.24, 2.45) is 0 Å². The lowest BCUT2D eigenvalue weighted by Gasteiger charge is -2.04. The largest absolute Gasteiger partial charge is 0.490 e. The molecule has 0 aromatic carbocycles. The summed E-state index contributed by atoms with van der Waals surface area (Å²) >= 11 is 1.53. The highest BCUT2D eigenvalue weighted by atomic mass is 32.2. The maximum Gasteiger partial charge on any atom is 0.267 e. The average molecular weight is 252 g/mol. The highest BCUT2D eigenvalue weighted by Gasteiger charge is 2.03. The Morgan fingerprint density at radius 2 is 2.13 bits per heavy atom. The molecule has 0 spiro atoms. The van der Waals surface area contributed by atoms with Crippen molar-refractivity contribution in [3.05, 3.63) is 16.8 Å². The van der Waals surface area contributed by atoms with Gasteiger partial charge in [-0.15, -0.1) is 11.3 Å². The van der Waals surface area contributed by atoms with Gasteiger partial charge in [0.25, 0.3) is 10.1 Å². The Balaban J connectivity index is 1.99. The quantitative estimate of drug-likeness (QED) is 0.579. The Morgan fingerprint density at radius 1 is 1.33 bits per heavy atom. The van der Waals surface area contributed by atoms with E-state index in [1.54, 1.807) is 0 Å². The van der Waals surface area contributed by atoms with E-state index < -0.39 is 10.1 Å². The molecule has 1 heterocycles. The third-order valence-electron chi connectivity index (χ3n) is 1.48. The van der Waals surface area contributed by atoms with Gasteiger partial charge in [0.1, 0.15) is 12.4 Å². The summed E-state index contributed by atoms with van der Waals surface area (Å²) in [6, 6.07) is 1.84. The summed E-state index contributed by atoms with van der Waals surface area (Å²) in [6.07, 6.45) is 0. The van der Waals surface area contributed by atoms with Gasteiger partial charge in [-0.2, -0.15) is 8.42 Å². The van der Waals surface area contributed by atoms with Crippen LogP contribution in [0, 0.1) is 0 Å². The van der Waals surface area contributed by atoms with Crippen LogP contribution in [0.2, 0.25) is 0 Å². The Labute approximate surface area is 92.4 Å². The molecule has 0 atom stereocenters. The van der Waals surface area contributed by atoms with E-state index in [0.717, 1.165) is 5.75 Å². The summed E-state index contributed by atoms with van der Waals surface area (Å²) in [7, 11) is -3.92. The van der Waals surface area contributed by atoms with Crippen LogP contribution in [0.15, 0.2) is 16.8 Å². The number of rotatable bonds is 7. The minimum Gasteiger partial charge on any atom is -0.490 e. The topological polar surface area (TPSA) is 72.8 Å². The Bertz CT molecular complexity index is 356. The zero-order valence-electron chi connectivity index (χ0n) is 7.96. The van der Waals surface area contributed by atoms with E-state index in [4.69, 9.17) is 14.0 Å². The molecule has 0 unspecified atom stereocenters. The lowest BCUT2D eigenvalue weighted by Crippen LogP contribution is -2.14. The minimum absolute atomic E-state index is 0.0220. The molecule has 0 aliphatic rings. The van der Waals surface area contributed by atoms with E-state index in [2.05, 4.69) is 0 Å². The molecule has 1 aromatic rings. The molecule has 0 saturated carbocycles. The van der Waals surface area contributed by atoms with Crippen LogP contribution in [0.4, 0.5) is 0 Å². The number of hydrogen-bond donors (Lipinski definition) is 1. The van der Waals surface area contributed by atoms with Gasteiger partial charge in [-0.1, -0.05) is 0 Å². The highest BCUT2D eigenvalue weighted by molar-refractivity contribution is 7.85. The standard InChI is InChI=1S/C8H12O5S2/c9-15(10,11)6-4-12-2-3-13-8-1-5-14-7-8/h1,5,7H,2-4,6H2,(H,9,10,11). The van der Waals surface area contributed by atoms with Crippen LogP contribution in [0.25, 0.3) is 0 Å². The van der Waals surface area contributed by atoms with Crippen molar-refractivity contribution in [1.29, 1.82) is 0 Å². The Kier molecular flexibility index (Phi) is 5.03. The van der Waals surface area contributed by atoms with Crippen molar-refractivity contribution in [1.82, 2.24) is 0 Å². The van der Waals surface area contributed by atoms with Crippen molar-refractivity contribution < 1.29 is 22.4 Å². The zero-order valence-corrected chi connectivity index (χ0v) is 9.59. The fourth-order valence-electron chi connectivity index (χ4n) is 0.819. The van der Waals surface area contributed by atoms with Gasteiger partial charge >= 0.3 is 0 Å². The molecule has 0 radical (unpaired) electrons. The maximum atomic E-state index is 10.3. The molecule has 86 valence electrons. The molecule has 1 N–H and O–H groups in total. The summed E-state index contributed by atoms with van der Waals surface area (Å²) < 4.78 is 39.2. The van der Waals surface area contributed by atoms with Crippen LogP contribution in [-0.4, -0.2) is 38.5 Å². The van der Waals surface area contributed by atoms with Crippen LogP contribution in [0.1, 0.15) is 0 Å². The minimum atomic E-state index is -3.92. The third kappa shape index (κ3) is 6.45. The monoisotopic (exact) mass is 252 g/mol. The Morgan fingerprint density at radius 3 is 2.73 bits per heavy atom. The first-order valence-corrected chi connectivity index (χ1v) is 6.81. The van der Waals surface area contributed by atoms with E-state index in [1.165, 1.54) is 11.3 Å². The van der Waals surface area contributed by atoms with E-state index >= 15 is 0 Å². The van der Waals surface area contributed by atoms with Gasteiger partial charge in [-0.25, -0.2) is 0 Å². The SMILES string of the molecule is O=S(=O)(O)CCOCCOc1ccsc1. The fourth-order valence-corrected chi connectivity index (χ4v) is 1.72. The summed E-state index contributed by atoms with van der Waals surface area (Å²) in [4.78, 5) is 0. The summed E-state index contributed by atoms with van der Waals surface area (Å²) in [5, 5.41) is 3.76. The summed E-state index contributed by atoms with van der Waals surface area (Å²) in [5.74, 6) is 0.393. The summed E-state index contributed by atoms with van der Waals surface area (Å²) in [5.41, 5.74) is 0. The van der Waals surface area contributed by atoms with Crippen LogP contribution < -0.4 is 4.74 Å². The van der Waals surface area contributed by atoms with Gasteiger partial charge in [0, 0.05) is 5.38 Å². The van der Waals surface area contributed by atoms with E-state index in [1.807, 2.05) is 16.8 Å². The lowest BCUT2D eigenvalue weighted by molar-refractivity contribution is 0.111. The second-order valence-electron chi connectivity index (χ2n) is 2.71. The number of ether oxygens (including phenoxy) is 2. The van der Waals surface area contributed by atoms with Crippen LogP contribution in [0.3, 0.4) is 0 Å². The number of thiophene rings is 1. The first kappa shape index (κ1) is 12.4. The second kappa shape index (κ2) is 6.06. The molecule has 0 aliphatic carbocycles. The van der Waals surface area contributed by atoms with Gasteiger partial charge in [-0.05, 0) is 11.4 Å².